The van der Waals surface area contributed by atoms with Crippen LogP contribution < -0.4 is 15.8 Å². The smallest absolute Gasteiger partial charge is 0.339 e. The topological polar surface area (TPSA) is 64.6 Å². The standard InChI is InChI=1S/C8H9N3O2/c12-7-9-10-8(13)11(7)6-4-2-1-3-5-6/h1-5,7,9,12H,(H,10,13). The number of hydrogen-bond donors (Lipinski definition) is 3. The van der Waals surface area contributed by atoms with Crippen molar-refractivity contribution in [3.05, 3.63) is 30.3 Å². The number of carbonyl (C=O) groups excluding carboxylic acids is 1. The lowest BCUT2D eigenvalue weighted by molar-refractivity contribution is 0.155. The first kappa shape index (κ1) is 8.03. The van der Waals surface area contributed by atoms with Gasteiger partial charge in [0.05, 0.1) is 0 Å². The van der Waals surface area contributed by atoms with Crippen molar-refractivity contribution in [1.82, 2.24) is 10.9 Å². The van der Waals surface area contributed by atoms with E-state index in [4.69, 9.17) is 0 Å². The second kappa shape index (κ2) is 3.04. The van der Waals surface area contributed by atoms with Crippen molar-refractivity contribution in [1.29, 1.82) is 0 Å². The largest absolute Gasteiger partial charge is 0.359 e. The van der Waals surface area contributed by atoms with Gasteiger partial charge < -0.3 is 5.11 Å². The predicted molar refractivity (Wildman–Crippen MR) is 46.6 cm³/mol. The van der Waals surface area contributed by atoms with Gasteiger partial charge in [-0.15, -0.1) is 0 Å². The Morgan fingerprint density at radius 2 is 2.00 bits per heavy atom. The number of para-hydroxylation sites is 1. The van der Waals surface area contributed by atoms with E-state index in [1.807, 2.05) is 6.07 Å². The number of urea groups is 1. The van der Waals surface area contributed by atoms with Gasteiger partial charge in [-0.05, 0) is 12.1 Å². The Hall–Kier alpha value is -1.59. The van der Waals surface area contributed by atoms with E-state index in [0.717, 1.165) is 0 Å². The normalized spacial score (nSPS) is 21.8. The summed E-state index contributed by atoms with van der Waals surface area (Å²) in [6, 6.07) is 8.57. The third-order valence-corrected chi connectivity index (χ3v) is 1.81. The average Bonchev–Trinajstić information content (AvgIpc) is 2.48. The summed E-state index contributed by atoms with van der Waals surface area (Å²) in [5, 5.41) is 9.34. The molecule has 1 fully saturated rings. The molecule has 2 amide bonds. The molecule has 0 radical (unpaired) electrons. The van der Waals surface area contributed by atoms with Crippen molar-refractivity contribution in [2.45, 2.75) is 6.35 Å². The van der Waals surface area contributed by atoms with Gasteiger partial charge in [-0.1, -0.05) is 18.2 Å². The maximum atomic E-state index is 11.2. The molecule has 1 aromatic rings. The molecule has 5 nitrogen and oxygen atoms in total. The minimum Gasteiger partial charge on any atom is -0.359 e. The van der Waals surface area contributed by atoms with Crippen LogP contribution in [0.4, 0.5) is 10.5 Å². The molecular formula is C8H9N3O2. The van der Waals surface area contributed by atoms with Crippen LogP contribution in [0.5, 0.6) is 0 Å². The number of benzene rings is 1. The molecule has 13 heavy (non-hydrogen) atoms. The highest BCUT2D eigenvalue weighted by Gasteiger charge is 2.29. The summed E-state index contributed by atoms with van der Waals surface area (Å²) in [6.07, 6.45) is -1.00. The second-order valence-corrected chi connectivity index (χ2v) is 2.65. The van der Waals surface area contributed by atoms with E-state index in [1.165, 1.54) is 4.90 Å². The lowest BCUT2D eigenvalue weighted by atomic mass is 10.3. The molecule has 0 bridgehead atoms. The van der Waals surface area contributed by atoms with Crippen molar-refractivity contribution in [2.75, 3.05) is 4.90 Å². The highest BCUT2D eigenvalue weighted by Crippen LogP contribution is 2.16. The van der Waals surface area contributed by atoms with Crippen LogP contribution in [0.25, 0.3) is 0 Å². The first-order valence-electron chi connectivity index (χ1n) is 3.87. The van der Waals surface area contributed by atoms with Gasteiger partial charge in [-0.3, -0.25) is 10.3 Å². The third-order valence-electron chi connectivity index (χ3n) is 1.81. The zero-order chi connectivity index (χ0) is 9.26. The summed E-state index contributed by atoms with van der Waals surface area (Å²) in [5.41, 5.74) is 5.36. The fourth-order valence-corrected chi connectivity index (χ4v) is 1.21. The molecule has 1 unspecified atom stereocenters. The fourth-order valence-electron chi connectivity index (χ4n) is 1.21. The first-order chi connectivity index (χ1) is 6.29. The van der Waals surface area contributed by atoms with Crippen LogP contribution in [0.15, 0.2) is 30.3 Å². The quantitative estimate of drug-likeness (QED) is 0.568. The Morgan fingerprint density at radius 3 is 2.54 bits per heavy atom. The average molecular weight is 179 g/mol. The Balaban J connectivity index is 2.30. The lowest BCUT2D eigenvalue weighted by Gasteiger charge is -2.17. The summed E-state index contributed by atoms with van der Waals surface area (Å²) in [7, 11) is 0. The molecular weight excluding hydrogens is 170 g/mol. The number of anilines is 1. The van der Waals surface area contributed by atoms with Crippen LogP contribution >= 0.6 is 0 Å². The van der Waals surface area contributed by atoms with Crippen LogP contribution in [-0.2, 0) is 0 Å². The molecule has 2 rings (SSSR count). The highest BCUT2D eigenvalue weighted by molar-refractivity contribution is 5.93. The molecule has 1 atom stereocenters. The van der Waals surface area contributed by atoms with Gasteiger partial charge in [0.2, 0.25) is 6.35 Å². The van der Waals surface area contributed by atoms with Gasteiger partial charge in [-0.25, -0.2) is 4.79 Å². The molecule has 3 N–H and O–H groups in total. The van der Waals surface area contributed by atoms with Gasteiger partial charge in [0.25, 0.3) is 0 Å². The summed E-state index contributed by atoms with van der Waals surface area (Å²) in [6.45, 7) is 0. The molecule has 0 spiro atoms. The van der Waals surface area contributed by atoms with Crippen molar-refractivity contribution in [2.24, 2.45) is 0 Å². The van der Waals surface area contributed by atoms with Gasteiger partial charge >= 0.3 is 6.03 Å². The lowest BCUT2D eigenvalue weighted by Crippen LogP contribution is -2.36. The number of aliphatic hydroxyl groups is 1. The van der Waals surface area contributed by atoms with Crippen LogP contribution in [0.2, 0.25) is 0 Å². The molecule has 0 aromatic heterocycles. The molecule has 1 aliphatic rings. The maximum absolute atomic E-state index is 11.2. The Kier molecular flexibility index (Phi) is 1.88. The SMILES string of the molecule is O=C1NNC(O)N1c1ccccc1. The second-order valence-electron chi connectivity index (χ2n) is 2.65. The summed E-state index contributed by atoms with van der Waals surface area (Å²) in [5.74, 6) is 0. The minimum atomic E-state index is -1.00. The van der Waals surface area contributed by atoms with Crippen LogP contribution in [0.3, 0.4) is 0 Å². The molecule has 1 aromatic carbocycles. The molecule has 5 heteroatoms. The van der Waals surface area contributed by atoms with E-state index >= 15 is 0 Å². The summed E-state index contributed by atoms with van der Waals surface area (Å²) < 4.78 is 0. The Labute approximate surface area is 74.9 Å². The molecule has 1 saturated heterocycles. The van der Waals surface area contributed by atoms with Gasteiger partial charge in [0, 0.05) is 5.69 Å². The van der Waals surface area contributed by atoms with E-state index in [-0.39, 0.29) is 6.03 Å². The summed E-state index contributed by atoms with van der Waals surface area (Å²) in [4.78, 5) is 12.4. The zero-order valence-corrected chi connectivity index (χ0v) is 6.77. The number of rotatable bonds is 1. The number of nitrogens with zero attached hydrogens (tertiary/aromatic N) is 1. The van der Waals surface area contributed by atoms with E-state index in [0.29, 0.717) is 5.69 Å². The van der Waals surface area contributed by atoms with Crippen molar-refractivity contribution in [3.63, 3.8) is 0 Å². The van der Waals surface area contributed by atoms with Gasteiger partial charge in [0.15, 0.2) is 0 Å². The number of hydrogen-bond acceptors (Lipinski definition) is 3. The third kappa shape index (κ3) is 1.34. The number of aliphatic hydroxyl groups excluding tert-OH is 1. The van der Waals surface area contributed by atoms with E-state index in [9.17, 15) is 9.90 Å². The number of nitrogens with one attached hydrogen (secondary N) is 2. The molecule has 0 aliphatic carbocycles. The van der Waals surface area contributed by atoms with Crippen molar-refractivity contribution in [3.8, 4) is 0 Å². The van der Waals surface area contributed by atoms with Crippen molar-refractivity contribution >= 4 is 11.7 Å². The van der Waals surface area contributed by atoms with Crippen LogP contribution in [-0.4, -0.2) is 17.5 Å². The molecule has 68 valence electrons. The Bertz CT molecular complexity index is 314. The highest BCUT2D eigenvalue weighted by atomic mass is 16.3. The van der Waals surface area contributed by atoms with E-state index in [2.05, 4.69) is 10.9 Å². The molecule has 0 saturated carbocycles. The Morgan fingerprint density at radius 1 is 1.31 bits per heavy atom. The number of amides is 2. The van der Waals surface area contributed by atoms with Gasteiger partial charge in [-0.2, -0.15) is 5.43 Å². The van der Waals surface area contributed by atoms with Crippen molar-refractivity contribution < 1.29 is 9.90 Å². The van der Waals surface area contributed by atoms with Crippen LogP contribution in [0.1, 0.15) is 0 Å². The molecule has 1 aliphatic heterocycles. The van der Waals surface area contributed by atoms with Gasteiger partial charge in [0.1, 0.15) is 0 Å². The van der Waals surface area contributed by atoms with Crippen LogP contribution in [0, 0.1) is 0 Å². The number of hydrazine groups is 1. The number of carbonyl (C=O) groups is 1. The minimum absolute atomic E-state index is 0.362. The van der Waals surface area contributed by atoms with E-state index in [1.54, 1.807) is 24.3 Å². The summed E-state index contributed by atoms with van der Waals surface area (Å²) >= 11 is 0. The molecule has 1 heterocycles. The zero-order valence-electron chi connectivity index (χ0n) is 6.77. The predicted octanol–water partition coefficient (Wildman–Crippen LogP) is -0.00330. The first-order valence-corrected chi connectivity index (χ1v) is 3.87. The fraction of sp³-hybridized carbons (Fsp3) is 0.125. The monoisotopic (exact) mass is 179 g/mol. The van der Waals surface area contributed by atoms with E-state index < -0.39 is 6.35 Å². The maximum Gasteiger partial charge on any atom is 0.339 e.